The van der Waals surface area contributed by atoms with Gasteiger partial charge < -0.3 is 15.4 Å². The van der Waals surface area contributed by atoms with Crippen LogP contribution in [0.15, 0.2) is 6.07 Å². The molecule has 0 spiro atoms. The summed E-state index contributed by atoms with van der Waals surface area (Å²) in [7, 11) is 1.86. The van der Waals surface area contributed by atoms with Crippen LogP contribution in [-0.2, 0) is 11.3 Å². The molecular weight excluding hydrogens is 240 g/mol. The molecule has 0 aromatic carbocycles. The van der Waals surface area contributed by atoms with E-state index in [1.165, 1.54) is 12.8 Å². The molecule has 0 saturated heterocycles. The summed E-state index contributed by atoms with van der Waals surface area (Å²) in [5.41, 5.74) is 0.0856. The summed E-state index contributed by atoms with van der Waals surface area (Å²) in [6.07, 6.45) is 2.60. The highest BCUT2D eigenvalue weighted by Crippen LogP contribution is 2.40. The molecule has 1 fully saturated rings. The molecule has 1 saturated carbocycles. The Morgan fingerprint density at radius 2 is 2.00 bits per heavy atom. The lowest BCUT2D eigenvalue weighted by Gasteiger charge is -2.27. The lowest BCUT2D eigenvalue weighted by atomic mass is 9.99. The summed E-state index contributed by atoms with van der Waals surface area (Å²) < 4.78 is 5.38. The number of aromatic nitrogens is 2. The Bertz CT molecular complexity index is 429. The Morgan fingerprint density at radius 1 is 1.32 bits per heavy atom. The fourth-order valence-electron chi connectivity index (χ4n) is 2.18. The molecule has 0 bridgehead atoms. The van der Waals surface area contributed by atoms with Crippen LogP contribution in [0.5, 0.6) is 0 Å². The van der Waals surface area contributed by atoms with E-state index in [1.54, 1.807) is 0 Å². The van der Waals surface area contributed by atoms with Crippen molar-refractivity contribution in [2.24, 2.45) is 5.92 Å². The number of nitrogens with one attached hydrogen (secondary N) is 2. The Balaban J connectivity index is 2.13. The third-order valence-electron chi connectivity index (χ3n) is 3.51. The van der Waals surface area contributed by atoms with Crippen molar-refractivity contribution in [1.29, 1.82) is 0 Å². The summed E-state index contributed by atoms with van der Waals surface area (Å²) in [5.74, 6) is 3.14. The van der Waals surface area contributed by atoms with E-state index in [4.69, 9.17) is 4.74 Å². The molecule has 106 valence electrons. The van der Waals surface area contributed by atoms with Gasteiger partial charge in [0.15, 0.2) is 5.82 Å². The maximum atomic E-state index is 5.38. The van der Waals surface area contributed by atoms with Crippen LogP contribution in [0.3, 0.4) is 0 Å². The molecule has 0 unspecified atom stereocenters. The van der Waals surface area contributed by atoms with Crippen LogP contribution in [0.1, 0.15) is 39.4 Å². The summed E-state index contributed by atoms with van der Waals surface area (Å²) in [6.45, 7) is 7.55. The van der Waals surface area contributed by atoms with Crippen LogP contribution in [0.2, 0.25) is 0 Å². The second-order valence-corrected chi connectivity index (χ2v) is 5.56. The molecule has 1 aliphatic carbocycles. The molecule has 19 heavy (non-hydrogen) atoms. The Labute approximate surface area is 115 Å². The molecule has 1 heterocycles. The number of anilines is 2. The van der Waals surface area contributed by atoms with E-state index in [-0.39, 0.29) is 5.54 Å². The maximum Gasteiger partial charge on any atom is 0.158 e. The highest BCUT2D eigenvalue weighted by Gasteiger charge is 2.37. The van der Waals surface area contributed by atoms with Gasteiger partial charge >= 0.3 is 0 Å². The van der Waals surface area contributed by atoms with Crippen LogP contribution in [0, 0.1) is 5.92 Å². The number of nitrogens with zero attached hydrogens (tertiary/aromatic N) is 2. The topological polar surface area (TPSA) is 59.1 Å². The minimum absolute atomic E-state index is 0.0856. The van der Waals surface area contributed by atoms with Gasteiger partial charge in [-0.25, -0.2) is 9.97 Å². The molecule has 0 amide bonds. The number of rotatable bonds is 7. The van der Waals surface area contributed by atoms with Crippen LogP contribution >= 0.6 is 0 Å². The van der Waals surface area contributed by atoms with Crippen molar-refractivity contribution in [3.8, 4) is 0 Å². The minimum Gasteiger partial charge on any atom is -0.374 e. The molecule has 1 aromatic heterocycles. The van der Waals surface area contributed by atoms with Crippen molar-refractivity contribution in [2.45, 2.75) is 45.8 Å². The van der Waals surface area contributed by atoms with E-state index in [1.807, 2.05) is 20.0 Å². The van der Waals surface area contributed by atoms with E-state index in [9.17, 15) is 0 Å². The number of ether oxygens (including phenoxy) is 1. The van der Waals surface area contributed by atoms with Crippen LogP contribution in [-0.4, -0.2) is 29.2 Å². The average Bonchev–Trinajstić information content (AvgIpc) is 3.20. The molecular formula is C14H24N4O. The molecule has 0 aliphatic heterocycles. The first-order valence-corrected chi connectivity index (χ1v) is 6.96. The molecule has 5 heteroatoms. The highest BCUT2D eigenvalue weighted by molar-refractivity contribution is 5.48. The molecule has 5 nitrogen and oxygen atoms in total. The van der Waals surface area contributed by atoms with Gasteiger partial charge in [0.1, 0.15) is 18.2 Å². The quantitative estimate of drug-likeness (QED) is 0.793. The van der Waals surface area contributed by atoms with Crippen molar-refractivity contribution < 1.29 is 4.74 Å². The Hall–Kier alpha value is -1.36. The van der Waals surface area contributed by atoms with E-state index >= 15 is 0 Å². The number of hydrogen-bond acceptors (Lipinski definition) is 5. The lowest BCUT2D eigenvalue weighted by Crippen LogP contribution is -2.33. The molecule has 2 rings (SSSR count). The van der Waals surface area contributed by atoms with E-state index < -0.39 is 0 Å². The zero-order chi connectivity index (χ0) is 13.9. The maximum absolute atomic E-state index is 5.38. The van der Waals surface area contributed by atoms with Gasteiger partial charge in [-0.15, -0.1) is 0 Å². The predicted octanol–water partition coefficient (Wildman–Crippen LogP) is 2.66. The number of hydrogen-bond donors (Lipinski definition) is 2. The zero-order valence-electron chi connectivity index (χ0n) is 12.3. The monoisotopic (exact) mass is 264 g/mol. The summed E-state index contributed by atoms with van der Waals surface area (Å²) in [4.78, 5) is 8.92. The SMILES string of the molecule is CCOCc1nc(NC)cc(NC(C)(C)C2CC2)n1. The first kappa shape index (κ1) is 14.1. The van der Waals surface area contributed by atoms with E-state index in [0.29, 0.717) is 19.0 Å². The molecule has 1 aromatic rings. The predicted molar refractivity (Wildman–Crippen MR) is 77.3 cm³/mol. The Kier molecular flexibility index (Phi) is 4.24. The molecule has 0 atom stereocenters. The fourth-order valence-corrected chi connectivity index (χ4v) is 2.18. The fraction of sp³-hybridized carbons (Fsp3) is 0.714. The van der Waals surface area contributed by atoms with Gasteiger partial charge in [-0.1, -0.05) is 0 Å². The van der Waals surface area contributed by atoms with Crippen molar-refractivity contribution in [2.75, 3.05) is 24.3 Å². The molecule has 2 N–H and O–H groups in total. The van der Waals surface area contributed by atoms with Crippen molar-refractivity contribution >= 4 is 11.6 Å². The first-order chi connectivity index (χ1) is 9.05. The summed E-state index contributed by atoms with van der Waals surface area (Å²) >= 11 is 0. The largest absolute Gasteiger partial charge is 0.374 e. The third kappa shape index (κ3) is 3.80. The van der Waals surface area contributed by atoms with Crippen LogP contribution in [0.25, 0.3) is 0 Å². The van der Waals surface area contributed by atoms with Crippen molar-refractivity contribution in [3.05, 3.63) is 11.9 Å². The minimum atomic E-state index is 0.0856. The van der Waals surface area contributed by atoms with Gasteiger partial charge in [-0.05, 0) is 39.5 Å². The van der Waals surface area contributed by atoms with Gasteiger partial charge in [0, 0.05) is 25.3 Å². The highest BCUT2D eigenvalue weighted by atomic mass is 16.5. The normalized spacial score (nSPS) is 15.4. The third-order valence-corrected chi connectivity index (χ3v) is 3.51. The van der Waals surface area contributed by atoms with E-state index in [0.717, 1.165) is 17.6 Å². The summed E-state index contributed by atoms with van der Waals surface area (Å²) in [6, 6.07) is 1.94. The van der Waals surface area contributed by atoms with E-state index in [2.05, 4.69) is 34.4 Å². The van der Waals surface area contributed by atoms with Gasteiger partial charge in [0.25, 0.3) is 0 Å². The lowest BCUT2D eigenvalue weighted by molar-refractivity contribution is 0.128. The van der Waals surface area contributed by atoms with Gasteiger partial charge in [0.05, 0.1) is 0 Å². The van der Waals surface area contributed by atoms with Crippen molar-refractivity contribution in [1.82, 2.24) is 9.97 Å². The molecule has 0 radical (unpaired) electrons. The first-order valence-electron chi connectivity index (χ1n) is 6.96. The van der Waals surface area contributed by atoms with Gasteiger partial charge in [-0.2, -0.15) is 0 Å². The van der Waals surface area contributed by atoms with Crippen LogP contribution in [0.4, 0.5) is 11.6 Å². The second kappa shape index (κ2) is 5.74. The smallest absolute Gasteiger partial charge is 0.158 e. The summed E-state index contributed by atoms with van der Waals surface area (Å²) in [5, 5.41) is 6.59. The second-order valence-electron chi connectivity index (χ2n) is 5.56. The molecule has 1 aliphatic rings. The van der Waals surface area contributed by atoms with Gasteiger partial charge in [-0.3, -0.25) is 0 Å². The van der Waals surface area contributed by atoms with Gasteiger partial charge in [0.2, 0.25) is 0 Å². The zero-order valence-corrected chi connectivity index (χ0v) is 12.3. The van der Waals surface area contributed by atoms with Crippen molar-refractivity contribution in [3.63, 3.8) is 0 Å². The van der Waals surface area contributed by atoms with Crippen LogP contribution < -0.4 is 10.6 Å². The standard InChI is InChI=1S/C14H24N4O/c1-5-19-9-13-16-11(15-4)8-12(17-13)18-14(2,3)10-6-7-10/h8,10H,5-7,9H2,1-4H3,(H2,15,16,17,18). The average molecular weight is 264 g/mol. The Morgan fingerprint density at radius 3 is 2.58 bits per heavy atom.